The van der Waals surface area contributed by atoms with E-state index in [9.17, 15) is 9.59 Å². The van der Waals surface area contributed by atoms with Crippen molar-refractivity contribution in [2.45, 2.75) is 19.9 Å². The van der Waals surface area contributed by atoms with E-state index in [1.54, 1.807) is 6.20 Å². The summed E-state index contributed by atoms with van der Waals surface area (Å²) in [5.41, 5.74) is 4.49. The third-order valence-electron chi connectivity index (χ3n) is 4.65. The molecule has 0 saturated heterocycles. The van der Waals surface area contributed by atoms with Gasteiger partial charge in [-0.05, 0) is 12.0 Å². The predicted molar refractivity (Wildman–Crippen MR) is 113 cm³/mol. The lowest BCUT2D eigenvalue weighted by atomic mass is 10.1. The van der Waals surface area contributed by atoms with Gasteiger partial charge in [0.1, 0.15) is 6.54 Å². The molecule has 5 nitrogen and oxygen atoms in total. The number of benzene rings is 2. The Morgan fingerprint density at radius 3 is 2.75 bits per heavy atom. The van der Waals surface area contributed by atoms with E-state index < -0.39 is 0 Å². The van der Waals surface area contributed by atoms with Gasteiger partial charge in [0, 0.05) is 28.1 Å². The Labute approximate surface area is 166 Å². The molecule has 4 aromatic rings. The molecule has 2 aromatic carbocycles. The Kier molecular flexibility index (Phi) is 5.04. The van der Waals surface area contributed by atoms with Gasteiger partial charge in [-0.25, -0.2) is 4.98 Å². The van der Waals surface area contributed by atoms with E-state index >= 15 is 0 Å². The van der Waals surface area contributed by atoms with Gasteiger partial charge in [-0.15, -0.1) is 11.3 Å². The summed E-state index contributed by atoms with van der Waals surface area (Å²) in [7, 11) is 0. The largest absolute Gasteiger partial charge is 0.337 e. The first-order chi connectivity index (χ1) is 13.7. The minimum atomic E-state index is -0.172. The van der Waals surface area contributed by atoms with Crippen molar-refractivity contribution >= 4 is 39.6 Å². The molecule has 1 N–H and O–H groups in total. The van der Waals surface area contributed by atoms with Gasteiger partial charge in [0.15, 0.2) is 11.4 Å². The number of amides is 1. The molecule has 0 bridgehead atoms. The molecule has 140 valence electrons. The van der Waals surface area contributed by atoms with Gasteiger partial charge in [0.25, 0.3) is 0 Å². The predicted octanol–water partition coefficient (Wildman–Crippen LogP) is 4.78. The number of aldehydes is 1. The molecule has 1 amide bonds. The maximum absolute atomic E-state index is 12.6. The van der Waals surface area contributed by atoms with Gasteiger partial charge in [0.2, 0.25) is 5.91 Å². The van der Waals surface area contributed by atoms with E-state index in [1.165, 1.54) is 11.3 Å². The molecule has 0 aliphatic rings. The highest BCUT2D eigenvalue weighted by Gasteiger charge is 2.14. The zero-order chi connectivity index (χ0) is 19.5. The molecule has 4 rings (SSSR count). The summed E-state index contributed by atoms with van der Waals surface area (Å²) < 4.78 is 1.85. The van der Waals surface area contributed by atoms with Crippen LogP contribution in [-0.2, 0) is 17.8 Å². The van der Waals surface area contributed by atoms with Gasteiger partial charge in [-0.3, -0.25) is 9.59 Å². The molecule has 0 radical (unpaired) electrons. The molecule has 2 heterocycles. The van der Waals surface area contributed by atoms with Crippen molar-refractivity contribution in [2.75, 3.05) is 5.32 Å². The maximum Gasteiger partial charge on any atom is 0.246 e. The van der Waals surface area contributed by atoms with Crippen LogP contribution in [0.4, 0.5) is 5.13 Å². The van der Waals surface area contributed by atoms with E-state index in [2.05, 4.69) is 17.2 Å². The first kappa shape index (κ1) is 18.1. The summed E-state index contributed by atoms with van der Waals surface area (Å²) in [6.45, 7) is 2.19. The average molecular weight is 389 g/mol. The molecule has 6 heteroatoms. The van der Waals surface area contributed by atoms with E-state index in [1.807, 2.05) is 58.5 Å². The van der Waals surface area contributed by atoms with Crippen molar-refractivity contribution in [3.8, 4) is 11.3 Å². The molecule has 0 saturated carbocycles. The molecular formula is C22H19N3O2S. The van der Waals surface area contributed by atoms with Crippen molar-refractivity contribution in [3.05, 3.63) is 71.2 Å². The normalized spacial score (nSPS) is 10.9. The second-order valence-electron chi connectivity index (χ2n) is 6.45. The topological polar surface area (TPSA) is 64.0 Å². The third-order valence-corrected chi connectivity index (χ3v) is 5.41. The van der Waals surface area contributed by atoms with Gasteiger partial charge in [-0.2, -0.15) is 0 Å². The van der Waals surface area contributed by atoms with Crippen molar-refractivity contribution < 1.29 is 9.59 Å². The van der Waals surface area contributed by atoms with Gasteiger partial charge < -0.3 is 9.88 Å². The molecule has 2 aromatic heterocycles. The summed E-state index contributed by atoms with van der Waals surface area (Å²) >= 11 is 1.40. The smallest absolute Gasteiger partial charge is 0.246 e. The number of rotatable bonds is 6. The van der Waals surface area contributed by atoms with Crippen LogP contribution in [0.25, 0.3) is 22.2 Å². The SMILES string of the molecule is CCc1cccc2c(C=O)cn(CC(=O)Nc3nc(-c4ccccc4)cs3)c12. The third kappa shape index (κ3) is 3.46. The number of thiazole rings is 1. The lowest BCUT2D eigenvalue weighted by Gasteiger charge is -2.08. The number of nitrogens with zero attached hydrogens (tertiary/aromatic N) is 2. The summed E-state index contributed by atoms with van der Waals surface area (Å²) in [6.07, 6.45) is 3.41. The van der Waals surface area contributed by atoms with Crippen LogP contribution in [0.2, 0.25) is 0 Å². The number of aryl methyl sites for hydroxylation is 1. The van der Waals surface area contributed by atoms with Crippen molar-refractivity contribution in [1.29, 1.82) is 0 Å². The second kappa shape index (κ2) is 7.78. The zero-order valence-corrected chi connectivity index (χ0v) is 16.2. The van der Waals surface area contributed by atoms with E-state index in [0.717, 1.165) is 40.4 Å². The van der Waals surface area contributed by atoms with Crippen LogP contribution in [-0.4, -0.2) is 21.7 Å². The first-order valence-electron chi connectivity index (χ1n) is 9.06. The lowest BCUT2D eigenvalue weighted by molar-refractivity contribution is -0.116. The Morgan fingerprint density at radius 1 is 1.18 bits per heavy atom. The van der Waals surface area contributed by atoms with Crippen LogP contribution in [0, 0.1) is 0 Å². The van der Waals surface area contributed by atoms with Crippen LogP contribution >= 0.6 is 11.3 Å². The molecule has 0 atom stereocenters. The molecule has 0 unspecified atom stereocenters. The Balaban J connectivity index is 1.56. The average Bonchev–Trinajstić information content (AvgIpc) is 3.33. The van der Waals surface area contributed by atoms with Crippen LogP contribution in [0.3, 0.4) is 0 Å². The van der Waals surface area contributed by atoms with Crippen molar-refractivity contribution in [2.24, 2.45) is 0 Å². The van der Waals surface area contributed by atoms with Gasteiger partial charge in [-0.1, -0.05) is 55.5 Å². The fourth-order valence-electron chi connectivity index (χ4n) is 3.36. The first-order valence-corrected chi connectivity index (χ1v) is 9.94. The zero-order valence-electron chi connectivity index (χ0n) is 15.4. The molecular weight excluding hydrogens is 370 g/mol. The van der Waals surface area contributed by atoms with Gasteiger partial charge in [0.05, 0.1) is 11.2 Å². The highest BCUT2D eigenvalue weighted by molar-refractivity contribution is 7.14. The Hall–Kier alpha value is -3.25. The number of hydrogen-bond donors (Lipinski definition) is 1. The number of para-hydroxylation sites is 1. The van der Waals surface area contributed by atoms with E-state index in [4.69, 9.17) is 0 Å². The molecule has 0 aliphatic heterocycles. The minimum Gasteiger partial charge on any atom is -0.337 e. The lowest BCUT2D eigenvalue weighted by Crippen LogP contribution is -2.18. The summed E-state index contributed by atoms with van der Waals surface area (Å²) in [5.74, 6) is -0.172. The second-order valence-corrected chi connectivity index (χ2v) is 7.31. The van der Waals surface area contributed by atoms with Crippen LogP contribution < -0.4 is 5.32 Å². The quantitative estimate of drug-likeness (QED) is 0.483. The monoisotopic (exact) mass is 389 g/mol. The highest BCUT2D eigenvalue weighted by Crippen LogP contribution is 2.26. The highest BCUT2D eigenvalue weighted by atomic mass is 32.1. The number of nitrogens with one attached hydrogen (secondary N) is 1. The number of aromatic nitrogens is 2. The summed E-state index contributed by atoms with van der Waals surface area (Å²) in [4.78, 5) is 28.5. The molecule has 0 aliphatic carbocycles. The number of fused-ring (bicyclic) bond motifs is 1. The van der Waals surface area contributed by atoms with Crippen LogP contribution in [0.15, 0.2) is 60.1 Å². The van der Waals surface area contributed by atoms with Crippen LogP contribution in [0.5, 0.6) is 0 Å². The number of carbonyl (C=O) groups is 2. The molecule has 28 heavy (non-hydrogen) atoms. The summed E-state index contributed by atoms with van der Waals surface area (Å²) in [5, 5.41) is 6.23. The fourth-order valence-corrected chi connectivity index (χ4v) is 4.09. The van der Waals surface area contributed by atoms with Crippen LogP contribution in [0.1, 0.15) is 22.8 Å². The van der Waals surface area contributed by atoms with Crippen molar-refractivity contribution in [1.82, 2.24) is 9.55 Å². The fraction of sp³-hybridized carbons (Fsp3) is 0.136. The van der Waals surface area contributed by atoms with E-state index in [-0.39, 0.29) is 12.5 Å². The molecule has 0 spiro atoms. The molecule has 0 fully saturated rings. The number of anilines is 1. The van der Waals surface area contributed by atoms with E-state index in [0.29, 0.717) is 10.7 Å². The minimum absolute atomic E-state index is 0.127. The number of carbonyl (C=O) groups excluding carboxylic acids is 2. The standard InChI is InChI=1S/C22H19N3O2S/c1-2-15-9-6-10-18-17(13-26)11-25(21(15)18)12-20(27)24-22-23-19(14-28-22)16-7-4-3-5-8-16/h3-11,13-14H,2,12H2,1H3,(H,23,24,27). The maximum atomic E-state index is 12.6. The Bertz CT molecular complexity index is 1150. The number of hydrogen-bond acceptors (Lipinski definition) is 4. The Morgan fingerprint density at radius 2 is 2.00 bits per heavy atom. The van der Waals surface area contributed by atoms with Crippen molar-refractivity contribution in [3.63, 3.8) is 0 Å². The summed E-state index contributed by atoms with van der Waals surface area (Å²) in [6, 6.07) is 15.7. The van der Waals surface area contributed by atoms with Gasteiger partial charge >= 0.3 is 0 Å².